The van der Waals surface area contributed by atoms with Crippen LogP contribution < -0.4 is 5.32 Å². The highest BCUT2D eigenvalue weighted by Crippen LogP contribution is 2.08. The van der Waals surface area contributed by atoms with Gasteiger partial charge in [0.25, 0.3) is 0 Å². The van der Waals surface area contributed by atoms with Gasteiger partial charge in [0.15, 0.2) is 5.96 Å². The lowest BCUT2D eigenvalue weighted by molar-refractivity contribution is 0.0914. The van der Waals surface area contributed by atoms with E-state index in [0.717, 1.165) is 38.6 Å². The van der Waals surface area contributed by atoms with Crippen LogP contribution in [-0.4, -0.2) is 92.3 Å². The topological polar surface area (TPSA) is 60.4 Å². The van der Waals surface area contributed by atoms with E-state index in [2.05, 4.69) is 22.0 Å². The smallest absolute Gasteiger partial charge is 0.409 e. The fourth-order valence-electron chi connectivity index (χ4n) is 3.38. The zero-order chi connectivity index (χ0) is 17.9. The number of nitrogens with one attached hydrogen (secondary N) is 1. The van der Waals surface area contributed by atoms with Crippen molar-refractivity contribution in [2.75, 3.05) is 65.5 Å². The molecule has 0 atom stereocenters. The van der Waals surface area contributed by atoms with Gasteiger partial charge in [-0.25, -0.2) is 4.79 Å². The number of likely N-dealkylation sites (tertiary alicyclic amines) is 1. The number of piperazine rings is 1. The molecule has 1 amide bonds. The fraction of sp³-hybridized carbons (Fsp3) is 0.889. The molecule has 0 aromatic rings. The van der Waals surface area contributed by atoms with Gasteiger partial charge in [-0.3, -0.25) is 4.99 Å². The number of halogens is 1. The Kier molecular flexibility index (Phi) is 12.0. The summed E-state index contributed by atoms with van der Waals surface area (Å²) >= 11 is 0. The Morgan fingerprint density at radius 1 is 1.00 bits per heavy atom. The zero-order valence-corrected chi connectivity index (χ0v) is 18.7. The molecule has 7 nitrogen and oxygen atoms in total. The number of rotatable bonds is 7. The molecule has 0 saturated carbocycles. The van der Waals surface area contributed by atoms with Gasteiger partial charge in [0.05, 0.1) is 6.61 Å². The molecule has 1 N–H and O–H groups in total. The second kappa shape index (κ2) is 13.4. The number of unbranched alkanes of at least 4 members (excludes halogenated alkanes) is 1. The van der Waals surface area contributed by atoms with E-state index in [-0.39, 0.29) is 30.1 Å². The summed E-state index contributed by atoms with van der Waals surface area (Å²) in [5.41, 5.74) is 0. The van der Waals surface area contributed by atoms with Crippen LogP contribution in [0.3, 0.4) is 0 Å². The predicted molar refractivity (Wildman–Crippen MR) is 116 cm³/mol. The average molecular weight is 481 g/mol. The molecule has 0 spiro atoms. The monoisotopic (exact) mass is 481 g/mol. The molecular weight excluding hydrogens is 445 g/mol. The number of hydrogen-bond donors (Lipinski definition) is 1. The van der Waals surface area contributed by atoms with Crippen molar-refractivity contribution in [3.63, 3.8) is 0 Å². The summed E-state index contributed by atoms with van der Waals surface area (Å²) < 4.78 is 5.08. The number of ether oxygens (including phenoxy) is 1. The van der Waals surface area contributed by atoms with Gasteiger partial charge in [0.2, 0.25) is 0 Å². The van der Waals surface area contributed by atoms with E-state index in [1.54, 1.807) is 4.90 Å². The Hall–Kier alpha value is -0.770. The van der Waals surface area contributed by atoms with Gasteiger partial charge >= 0.3 is 6.09 Å². The molecule has 0 aromatic heterocycles. The van der Waals surface area contributed by atoms with Crippen LogP contribution in [0, 0.1) is 0 Å². The van der Waals surface area contributed by atoms with E-state index in [1.807, 2.05) is 6.92 Å². The quantitative estimate of drug-likeness (QED) is 0.262. The zero-order valence-electron chi connectivity index (χ0n) is 16.4. The summed E-state index contributed by atoms with van der Waals surface area (Å²) in [7, 11) is 0. The molecule has 2 heterocycles. The van der Waals surface area contributed by atoms with Gasteiger partial charge in [-0.1, -0.05) is 0 Å². The van der Waals surface area contributed by atoms with Crippen molar-refractivity contribution >= 4 is 36.0 Å². The van der Waals surface area contributed by atoms with Crippen molar-refractivity contribution in [3.05, 3.63) is 0 Å². The fourth-order valence-corrected chi connectivity index (χ4v) is 3.38. The number of nitrogens with zero attached hydrogens (tertiary/aromatic N) is 4. The van der Waals surface area contributed by atoms with Gasteiger partial charge < -0.3 is 24.8 Å². The molecule has 0 bridgehead atoms. The summed E-state index contributed by atoms with van der Waals surface area (Å²) in [6, 6.07) is 0. The number of carbonyl (C=O) groups is 1. The number of guanidine groups is 1. The van der Waals surface area contributed by atoms with E-state index in [1.165, 1.54) is 38.9 Å². The van der Waals surface area contributed by atoms with E-state index in [9.17, 15) is 4.79 Å². The lowest BCUT2D eigenvalue weighted by Gasteiger charge is -2.35. The molecule has 152 valence electrons. The molecule has 0 aromatic carbocycles. The molecule has 2 aliphatic rings. The Morgan fingerprint density at radius 3 is 2.27 bits per heavy atom. The third-order valence-electron chi connectivity index (χ3n) is 4.78. The van der Waals surface area contributed by atoms with Gasteiger partial charge in [-0.05, 0) is 59.2 Å². The number of amides is 1. The Labute approximate surface area is 175 Å². The lowest BCUT2D eigenvalue weighted by atomic mass is 10.3. The Morgan fingerprint density at radius 2 is 1.65 bits per heavy atom. The van der Waals surface area contributed by atoms with Gasteiger partial charge in [0, 0.05) is 39.3 Å². The minimum Gasteiger partial charge on any atom is -0.450 e. The molecule has 2 fully saturated rings. The molecule has 0 aliphatic carbocycles. The summed E-state index contributed by atoms with van der Waals surface area (Å²) in [6.07, 6.45) is 4.88. The number of hydrogen-bond acceptors (Lipinski definition) is 4. The largest absolute Gasteiger partial charge is 0.450 e. The summed E-state index contributed by atoms with van der Waals surface area (Å²) in [4.78, 5) is 23.2. The predicted octanol–water partition coefficient (Wildman–Crippen LogP) is 2.22. The third kappa shape index (κ3) is 7.85. The van der Waals surface area contributed by atoms with Crippen molar-refractivity contribution in [2.45, 2.75) is 39.5 Å². The highest BCUT2D eigenvalue weighted by atomic mass is 127. The first-order valence-electron chi connectivity index (χ1n) is 9.92. The van der Waals surface area contributed by atoms with Gasteiger partial charge in [-0.15, -0.1) is 24.0 Å². The van der Waals surface area contributed by atoms with E-state index in [0.29, 0.717) is 19.7 Å². The second-order valence-electron chi connectivity index (χ2n) is 6.66. The van der Waals surface area contributed by atoms with Crippen LogP contribution in [0.2, 0.25) is 0 Å². The maximum absolute atomic E-state index is 11.8. The molecule has 0 radical (unpaired) electrons. The first-order valence-corrected chi connectivity index (χ1v) is 9.92. The van der Waals surface area contributed by atoms with Crippen molar-refractivity contribution in [2.24, 2.45) is 4.99 Å². The molecule has 2 saturated heterocycles. The molecule has 0 unspecified atom stereocenters. The van der Waals surface area contributed by atoms with Crippen LogP contribution in [-0.2, 0) is 4.74 Å². The first-order chi connectivity index (χ1) is 12.2. The molecule has 2 aliphatic heterocycles. The SMILES string of the molecule is CCNC(=NCCCCN1CCCC1)N1CCN(C(=O)OCC)CC1.I. The summed E-state index contributed by atoms with van der Waals surface area (Å²) in [5, 5.41) is 3.38. The second-order valence-corrected chi connectivity index (χ2v) is 6.66. The minimum absolute atomic E-state index is 0. The highest BCUT2D eigenvalue weighted by Gasteiger charge is 2.23. The first kappa shape index (κ1) is 23.3. The standard InChI is InChI=1S/C18H35N5O2.HI/c1-3-19-17(20-9-5-6-10-21-11-7-8-12-21)22-13-15-23(16-14-22)18(24)25-4-2;/h3-16H2,1-2H3,(H,19,20);1H. The van der Waals surface area contributed by atoms with Crippen LogP contribution in [0.25, 0.3) is 0 Å². The lowest BCUT2D eigenvalue weighted by Crippen LogP contribution is -2.53. The van der Waals surface area contributed by atoms with Crippen LogP contribution in [0.1, 0.15) is 39.5 Å². The molecule has 8 heteroatoms. The molecule has 2 rings (SSSR count). The van der Waals surface area contributed by atoms with Crippen LogP contribution >= 0.6 is 24.0 Å². The van der Waals surface area contributed by atoms with E-state index in [4.69, 9.17) is 9.73 Å². The average Bonchev–Trinajstić information content (AvgIpc) is 3.14. The third-order valence-corrected chi connectivity index (χ3v) is 4.78. The van der Waals surface area contributed by atoms with Crippen LogP contribution in [0.5, 0.6) is 0 Å². The van der Waals surface area contributed by atoms with Crippen molar-refractivity contribution in [3.8, 4) is 0 Å². The summed E-state index contributed by atoms with van der Waals surface area (Å²) in [6.45, 7) is 12.9. The Balaban J connectivity index is 0.00000338. The number of aliphatic imine (C=N–C) groups is 1. The van der Waals surface area contributed by atoms with Gasteiger partial charge in [0.1, 0.15) is 0 Å². The van der Waals surface area contributed by atoms with Crippen molar-refractivity contribution < 1.29 is 9.53 Å². The van der Waals surface area contributed by atoms with Crippen LogP contribution in [0.15, 0.2) is 4.99 Å². The minimum atomic E-state index is -0.203. The highest BCUT2D eigenvalue weighted by molar-refractivity contribution is 14.0. The maximum atomic E-state index is 11.8. The van der Waals surface area contributed by atoms with E-state index < -0.39 is 0 Å². The van der Waals surface area contributed by atoms with Crippen LogP contribution in [0.4, 0.5) is 4.79 Å². The Bertz CT molecular complexity index is 422. The van der Waals surface area contributed by atoms with Crippen molar-refractivity contribution in [1.29, 1.82) is 0 Å². The number of carbonyl (C=O) groups excluding carboxylic acids is 1. The summed E-state index contributed by atoms with van der Waals surface area (Å²) in [5.74, 6) is 0.979. The van der Waals surface area contributed by atoms with Crippen molar-refractivity contribution in [1.82, 2.24) is 20.0 Å². The van der Waals surface area contributed by atoms with E-state index >= 15 is 0 Å². The maximum Gasteiger partial charge on any atom is 0.409 e. The molecular formula is C18H36IN5O2. The normalized spacial score (nSPS) is 18.6. The van der Waals surface area contributed by atoms with Gasteiger partial charge in [-0.2, -0.15) is 0 Å². The molecule has 26 heavy (non-hydrogen) atoms.